The van der Waals surface area contributed by atoms with Crippen molar-refractivity contribution < 1.29 is 9.47 Å². The minimum atomic E-state index is -0.296. The number of thiol groups is 1. The van der Waals surface area contributed by atoms with E-state index in [1.165, 1.54) is 0 Å². The first-order valence-corrected chi connectivity index (χ1v) is 6.86. The number of benzene rings is 1. The summed E-state index contributed by atoms with van der Waals surface area (Å²) in [7, 11) is 3.13. The number of nitrogens with zero attached hydrogens (tertiary/aromatic N) is 3. The lowest BCUT2D eigenvalue weighted by Gasteiger charge is -2.30. The van der Waals surface area contributed by atoms with Crippen molar-refractivity contribution in [3.63, 3.8) is 0 Å². The molecule has 0 saturated carbocycles. The standard InChI is InChI=1S/C14H17N5O2S/c1-8-17-13(16)12(7-15)14(19(8)22)18-9-4-10(20-2)6-11(5-9)21-3/h4-6,8,18,22H,1-3H3,(H2,16,17). The van der Waals surface area contributed by atoms with Gasteiger partial charge in [0, 0.05) is 23.9 Å². The lowest BCUT2D eigenvalue weighted by molar-refractivity contribution is 0.394. The highest BCUT2D eigenvalue weighted by atomic mass is 32.1. The van der Waals surface area contributed by atoms with Crippen molar-refractivity contribution in [1.82, 2.24) is 4.31 Å². The van der Waals surface area contributed by atoms with Crippen molar-refractivity contribution in [1.29, 1.82) is 5.26 Å². The highest BCUT2D eigenvalue weighted by molar-refractivity contribution is 7.77. The average molecular weight is 319 g/mol. The Labute approximate surface area is 134 Å². The summed E-state index contributed by atoms with van der Waals surface area (Å²) in [5.74, 6) is 1.88. The van der Waals surface area contributed by atoms with Crippen molar-refractivity contribution in [3.8, 4) is 17.6 Å². The fourth-order valence-electron chi connectivity index (χ4n) is 1.99. The largest absolute Gasteiger partial charge is 0.497 e. The molecule has 0 aliphatic carbocycles. The van der Waals surface area contributed by atoms with Crippen LogP contribution in [0.15, 0.2) is 34.6 Å². The second-order valence-corrected chi connectivity index (χ2v) is 4.98. The Morgan fingerprint density at radius 1 is 1.32 bits per heavy atom. The Morgan fingerprint density at radius 3 is 2.41 bits per heavy atom. The first kappa shape index (κ1) is 15.9. The maximum absolute atomic E-state index is 9.30. The zero-order chi connectivity index (χ0) is 16.3. The van der Waals surface area contributed by atoms with Gasteiger partial charge < -0.3 is 20.5 Å². The molecular weight excluding hydrogens is 302 g/mol. The van der Waals surface area contributed by atoms with Gasteiger partial charge in [0.1, 0.15) is 41.0 Å². The average Bonchev–Trinajstić information content (AvgIpc) is 2.52. The van der Waals surface area contributed by atoms with Crippen LogP contribution in [0.4, 0.5) is 5.69 Å². The highest BCUT2D eigenvalue weighted by Crippen LogP contribution is 2.29. The van der Waals surface area contributed by atoms with Gasteiger partial charge in [-0.05, 0) is 6.92 Å². The van der Waals surface area contributed by atoms with E-state index in [1.807, 2.05) is 13.0 Å². The van der Waals surface area contributed by atoms with Gasteiger partial charge in [0.2, 0.25) is 0 Å². The van der Waals surface area contributed by atoms with Gasteiger partial charge in [-0.2, -0.15) is 5.26 Å². The molecule has 1 aromatic carbocycles. The van der Waals surface area contributed by atoms with Gasteiger partial charge in [0.25, 0.3) is 0 Å². The lowest BCUT2D eigenvalue weighted by Crippen LogP contribution is -2.36. The van der Waals surface area contributed by atoms with Gasteiger partial charge in [-0.3, -0.25) is 4.31 Å². The molecule has 116 valence electrons. The number of ether oxygens (including phenoxy) is 2. The van der Waals surface area contributed by atoms with Gasteiger partial charge in [-0.1, -0.05) is 12.8 Å². The van der Waals surface area contributed by atoms with Gasteiger partial charge >= 0.3 is 0 Å². The second-order valence-electron chi connectivity index (χ2n) is 4.55. The number of nitrogens with two attached hydrogens (primary N) is 1. The molecule has 2 rings (SSSR count). The van der Waals surface area contributed by atoms with Crippen LogP contribution in [0, 0.1) is 11.3 Å². The normalized spacial score (nSPS) is 17.7. The molecule has 0 saturated heterocycles. The van der Waals surface area contributed by atoms with Crippen LogP contribution in [0.2, 0.25) is 0 Å². The molecule has 0 amide bonds. The van der Waals surface area contributed by atoms with Crippen LogP contribution in [0.3, 0.4) is 0 Å². The summed E-state index contributed by atoms with van der Waals surface area (Å²) in [4.78, 5) is 4.15. The number of nitrogens with one attached hydrogen (secondary N) is 1. The van der Waals surface area contributed by atoms with E-state index in [0.717, 1.165) is 0 Å². The monoisotopic (exact) mass is 319 g/mol. The van der Waals surface area contributed by atoms with Gasteiger partial charge in [-0.15, -0.1) is 0 Å². The predicted molar refractivity (Wildman–Crippen MR) is 87.7 cm³/mol. The van der Waals surface area contributed by atoms with Crippen LogP contribution in [0.25, 0.3) is 0 Å². The predicted octanol–water partition coefficient (Wildman–Crippen LogP) is 1.71. The molecule has 22 heavy (non-hydrogen) atoms. The number of rotatable bonds is 4. The van der Waals surface area contributed by atoms with E-state index in [0.29, 0.717) is 23.0 Å². The van der Waals surface area contributed by atoms with Gasteiger partial charge in [0.05, 0.1) is 14.2 Å². The van der Waals surface area contributed by atoms with Crippen LogP contribution in [-0.2, 0) is 0 Å². The molecule has 1 heterocycles. The first-order chi connectivity index (χ1) is 10.5. The third-order valence-electron chi connectivity index (χ3n) is 3.13. The molecule has 8 heteroatoms. The maximum Gasteiger partial charge on any atom is 0.142 e. The number of aliphatic imine (C=N–C) groups is 1. The number of hydrogen-bond acceptors (Lipinski definition) is 8. The number of nitriles is 1. The Morgan fingerprint density at radius 2 is 1.91 bits per heavy atom. The van der Waals surface area contributed by atoms with Gasteiger partial charge in [-0.25, -0.2) is 4.99 Å². The molecule has 0 fully saturated rings. The molecular formula is C14H17N5O2S. The highest BCUT2D eigenvalue weighted by Gasteiger charge is 2.25. The van der Waals surface area contributed by atoms with Crippen LogP contribution >= 0.6 is 12.8 Å². The fourth-order valence-corrected chi connectivity index (χ4v) is 2.19. The first-order valence-electron chi connectivity index (χ1n) is 6.46. The van der Waals surface area contributed by atoms with Crippen LogP contribution < -0.4 is 20.5 Å². The summed E-state index contributed by atoms with van der Waals surface area (Å²) < 4.78 is 12.0. The molecule has 0 bridgehead atoms. The summed E-state index contributed by atoms with van der Waals surface area (Å²) in [6.45, 7) is 1.82. The maximum atomic E-state index is 9.30. The zero-order valence-corrected chi connectivity index (χ0v) is 13.4. The molecule has 1 aliphatic heterocycles. The van der Waals surface area contributed by atoms with Gasteiger partial charge in [0.15, 0.2) is 0 Å². The SMILES string of the molecule is COc1cc(NC2=C(C#N)C(N)=NC(C)N2S)cc(OC)c1. The van der Waals surface area contributed by atoms with Crippen LogP contribution in [-0.4, -0.2) is 30.5 Å². The quantitative estimate of drug-likeness (QED) is 0.731. The number of anilines is 1. The molecule has 3 N–H and O–H groups in total. The van der Waals surface area contributed by atoms with Crippen molar-refractivity contribution in [3.05, 3.63) is 29.6 Å². The van der Waals surface area contributed by atoms with E-state index in [9.17, 15) is 5.26 Å². The zero-order valence-electron chi connectivity index (χ0n) is 12.5. The number of amidine groups is 1. The second kappa shape index (κ2) is 6.49. The molecule has 7 nitrogen and oxygen atoms in total. The molecule has 1 aromatic rings. The fraction of sp³-hybridized carbons (Fsp3) is 0.286. The molecule has 1 atom stereocenters. The lowest BCUT2D eigenvalue weighted by atomic mass is 10.2. The summed E-state index contributed by atoms with van der Waals surface area (Å²) >= 11 is 4.37. The summed E-state index contributed by atoms with van der Waals surface area (Å²) in [6.07, 6.45) is -0.296. The van der Waals surface area contributed by atoms with E-state index in [4.69, 9.17) is 15.2 Å². The Kier molecular flexibility index (Phi) is 4.68. The van der Waals surface area contributed by atoms with E-state index in [1.54, 1.807) is 36.7 Å². The summed E-state index contributed by atoms with van der Waals surface area (Å²) in [5.41, 5.74) is 6.73. The van der Waals surface area contributed by atoms with Crippen LogP contribution in [0.5, 0.6) is 11.5 Å². The van der Waals surface area contributed by atoms with Crippen molar-refractivity contribution in [2.24, 2.45) is 10.7 Å². The van der Waals surface area contributed by atoms with E-state index in [2.05, 4.69) is 23.1 Å². The third kappa shape index (κ3) is 3.04. The number of hydrogen-bond donors (Lipinski definition) is 3. The Hall–Kier alpha value is -2.53. The number of methoxy groups -OCH3 is 2. The molecule has 1 unspecified atom stereocenters. The summed E-state index contributed by atoms with van der Waals surface area (Å²) in [5, 5.41) is 12.4. The summed E-state index contributed by atoms with van der Waals surface area (Å²) in [6, 6.07) is 7.35. The Bertz CT molecular complexity index is 658. The molecule has 0 aromatic heterocycles. The molecule has 0 radical (unpaired) electrons. The van der Waals surface area contributed by atoms with E-state index < -0.39 is 0 Å². The third-order valence-corrected chi connectivity index (χ3v) is 3.66. The Balaban J connectivity index is 2.44. The topological polar surface area (TPSA) is 95.9 Å². The van der Waals surface area contributed by atoms with E-state index >= 15 is 0 Å². The molecule has 1 aliphatic rings. The van der Waals surface area contributed by atoms with Crippen molar-refractivity contribution in [2.45, 2.75) is 13.1 Å². The van der Waals surface area contributed by atoms with Crippen molar-refractivity contribution >= 4 is 24.3 Å². The smallest absolute Gasteiger partial charge is 0.142 e. The molecule has 0 spiro atoms. The van der Waals surface area contributed by atoms with E-state index in [-0.39, 0.29) is 17.6 Å². The van der Waals surface area contributed by atoms with Crippen LogP contribution in [0.1, 0.15) is 6.92 Å². The minimum absolute atomic E-state index is 0.178. The van der Waals surface area contributed by atoms with Crippen molar-refractivity contribution in [2.75, 3.05) is 19.5 Å². The minimum Gasteiger partial charge on any atom is -0.497 e.